The van der Waals surface area contributed by atoms with Crippen LogP contribution in [0.25, 0.3) is 0 Å². The quantitative estimate of drug-likeness (QED) is 0.504. The lowest BCUT2D eigenvalue weighted by Crippen LogP contribution is -2.42. The number of alkyl carbamates (subject to hydrolysis) is 2. The molecule has 1 fully saturated rings. The van der Waals surface area contributed by atoms with Gasteiger partial charge in [-0.2, -0.15) is 0 Å². The van der Waals surface area contributed by atoms with Crippen LogP contribution in [0.3, 0.4) is 0 Å². The smallest absolute Gasteiger partial charge is 0.407 e. The number of carbonyl (C=O) groups excluding carboxylic acids is 2. The van der Waals surface area contributed by atoms with Crippen LogP contribution in [0.4, 0.5) is 9.59 Å². The number of cyclic esters (lactones) is 1. The molecule has 3 aromatic carbocycles. The summed E-state index contributed by atoms with van der Waals surface area (Å²) in [7, 11) is 0. The Balaban J connectivity index is 1.41. The van der Waals surface area contributed by atoms with E-state index in [1.807, 2.05) is 91.0 Å². The summed E-state index contributed by atoms with van der Waals surface area (Å²) in [5.41, 5.74) is 3.12. The molecule has 1 aliphatic rings. The largest absolute Gasteiger partial charge is 0.445 e. The van der Waals surface area contributed by atoms with E-state index >= 15 is 0 Å². The second-order valence-corrected chi connectivity index (χ2v) is 8.21. The number of hydrogen-bond acceptors (Lipinski definition) is 4. The van der Waals surface area contributed by atoms with Gasteiger partial charge in [-0.25, -0.2) is 9.59 Å². The molecule has 1 saturated heterocycles. The van der Waals surface area contributed by atoms with Crippen LogP contribution in [0.2, 0.25) is 0 Å². The summed E-state index contributed by atoms with van der Waals surface area (Å²) in [4.78, 5) is 24.6. The average molecular weight is 445 g/mol. The molecule has 6 nitrogen and oxygen atoms in total. The van der Waals surface area contributed by atoms with E-state index in [9.17, 15) is 9.59 Å². The van der Waals surface area contributed by atoms with Crippen LogP contribution in [0.5, 0.6) is 0 Å². The molecule has 170 valence electrons. The van der Waals surface area contributed by atoms with Gasteiger partial charge in [0.1, 0.15) is 12.7 Å². The monoisotopic (exact) mass is 444 g/mol. The highest BCUT2D eigenvalue weighted by Crippen LogP contribution is 2.20. The third-order valence-electron chi connectivity index (χ3n) is 5.69. The van der Waals surface area contributed by atoms with Crippen LogP contribution >= 0.6 is 0 Å². The number of hydrogen-bond donors (Lipinski definition) is 2. The van der Waals surface area contributed by atoms with Gasteiger partial charge in [-0.1, -0.05) is 91.0 Å². The predicted octanol–water partition coefficient (Wildman–Crippen LogP) is 4.63. The molecule has 0 unspecified atom stereocenters. The number of amides is 2. The minimum absolute atomic E-state index is 0.166. The molecule has 0 saturated carbocycles. The SMILES string of the molecule is O=C(N[C@@H](Cc1ccccc1)C[C@@H]1OC(=O)N[C@H]1Cc1ccccc1)OCc1ccccc1. The first kappa shape index (κ1) is 22.4. The Labute approximate surface area is 193 Å². The van der Waals surface area contributed by atoms with Crippen LogP contribution in [0, 0.1) is 0 Å². The summed E-state index contributed by atoms with van der Waals surface area (Å²) in [5.74, 6) is 0. The fraction of sp³-hybridized carbons (Fsp3) is 0.259. The standard InChI is InChI=1S/C27H28N2O4/c30-26(32-19-22-14-8-3-9-15-22)28-23(16-20-10-4-1-5-11-20)18-25-24(29-27(31)33-25)17-21-12-6-2-7-13-21/h1-15,23-25H,16-19H2,(H,28,30)(H,29,31)/t23-,24-,25-/m0/s1. The van der Waals surface area contributed by atoms with Crippen molar-refractivity contribution in [2.75, 3.05) is 0 Å². The molecule has 33 heavy (non-hydrogen) atoms. The lowest BCUT2D eigenvalue weighted by molar-refractivity contribution is 0.110. The molecular formula is C27H28N2O4. The highest BCUT2D eigenvalue weighted by atomic mass is 16.6. The fourth-order valence-electron chi connectivity index (χ4n) is 4.06. The molecule has 1 aliphatic heterocycles. The maximum atomic E-state index is 12.6. The van der Waals surface area contributed by atoms with Crippen molar-refractivity contribution in [3.63, 3.8) is 0 Å². The molecule has 2 N–H and O–H groups in total. The van der Waals surface area contributed by atoms with E-state index in [0.717, 1.165) is 16.7 Å². The van der Waals surface area contributed by atoms with E-state index in [1.165, 1.54) is 0 Å². The fourth-order valence-corrected chi connectivity index (χ4v) is 4.06. The van der Waals surface area contributed by atoms with Crippen molar-refractivity contribution >= 4 is 12.2 Å². The number of nitrogens with one attached hydrogen (secondary N) is 2. The van der Waals surface area contributed by atoms with E-state index in [0.29, 0.717) is 19.3 Å². The van der Waals surface area contributed by atoms with Gasteiger partial charge < -0.3 is 20.1 Å². The Bertz CT molecular complexity index is 1030. The molecule has 2 amide bonds. The molecule has 0 aromatic heterocycles. The van der Waals surface area contributed by atoms with Gasteiger partial charge in [-0.3, -0.25) is 0 Å². The predicted molar refractivity (Wildman–Crippen MR) is 126 cm³/mol. The molecule has 0 spiro atoms. The summed E-state index contributed by atoms with van der Waals surface area (Å²) < 4.78 is 11.0. The third kappa shape index (κ3) is 6.84. The number of rotatable bonds is 9. The second kappa shape index (κ2) is 11.2. The summed E-state index contributed by atoms with van der Waals surface area (Å²) in [6.07, 6.45) is 0.468. The van der Waals surface area contributed by atoms with Crippen LogP contribution < -0.4 is 10.6 Å². The average Bonchev–Trinajstić information content (AvgIpc) is 3.18. The van der Waals surface area contributed by atoms with E-state index < -0.39 is 12.2 Å². The molecule has 6 heteroatoms. The Morgan fingerprint density at radius 2 is 1.45 bits per heavy atom. The normalized spacial score (nSPS) is 18.1. The zero-order chi connectivity index (χ0) is 22.9. The Kier molecular flexibility index (Phi) is 7.59. The zero-order valence-corrected chi connectivity index (χ0v) is 18.4. The molecule has 3 aromatic rings. The first-order valence-corrected chi connectivity index (χ1v) is 11.2. The van der Waals surface area contributed by atoms with Crippen molar-refractivity contribution in [2.45, 2.75) is 44.1 Å². The van der Waals surface area contributed by atoms with Gasteiger partial charge in [0.25, 0.3) is 0 Å². The van der Waals surface area contributed by atoms with E-state index in [2.05, 4.69) is 10.6 Å². The van der Waals surface area contributed by atoms with Crippen molar-refractivity contribution in [3.8, 4) is 0 Å². The van der Waals surface area contributed by atoms with Crippen molar-refractivity contribution in [1.82, 2.24) is 10.6 Å². The summed E-state index contributed by atoms with van der Waals surface area (Å²) in [6.45, 7) is 0.196. The molecule has 0 bridgehead atoms. The lowest BCUT2D eigenvalue weighted by atomic mass is 9.94. The molecule has 0 aliphatic carbocycles. The van der Waals surface area contributed by atoms with E-state index in [4.69, 9.17) is 9.47 Å². The van der Waals surface area contributed by atoms with Gasteiger partial charge in [0.15, 0.2) is 0 Å². The molecule has 1 heterocycles. The topological polar surface area (TPSA) is 76.7 Å². The van der Waals surface area contributed by atoms with Gasteiger partial charge in [-0.05, 0) is 29.5 Å². The lowest BCUT2D eigenvalue weighted by Gasteiger charge is -2.24. The van der Waals surface area contributed by atoms with Crippen molar-refractivity contribution in [1.29, 1.82) is 0 Å². The highest BCUT2D eigenvalue weighted by Gasteiger charge is 2.36. The van der Waals surface area contributed by atoms with Gasteiger partial charge in [-0.15, -0.1) is 0 Å². The number of benzene rings is 3. The van der Waals surface area contributed by atoms with Crippen molar-refractivity contribution < 1.29 is 19.1 Å². The maximum Gasteiger partial charge on any atom is 0.407 e. The first-order valence-electron chi connectivity index (χ1n) is 11.2. The van der Waals surface area contributed by atoms with Crippen LogP contribution in [-0.2, 0) is 28.9 Å². The minimum atomic E-state index is -0.489. The Morgan fingerprint density at radius 1 is 0.879 bits per heavy atom. The van der Waals surface area contributed by atoms with Crippen LogP contribution in [-0.4, -0.2) is 30.4 Å². The first-order chi connectivity index (χ1) is 16.2. The molecular weight excluding hydrogens is 416 g/mol. The van der Waals surface area contributed by atoms with E-state index in [1.54, 1.807) is 0 Å². The van der Waals surface area contributed by atoms with Crippen LogP contribution in [0.1, 0.15) is 23.1 Å². The highest BCUT2D eigenvalue weighted by molar-refractivity contribution is 5.70. The summed E-state index contributed by atoms with van der Waals surface area (Å²) >= 11 is 0. The second-order valence-electron chi connectivity index (χ2n) is 8.21. The van der Waals surface area contributed by atoms with Gasteiger partial charge in [0, 0.05) is 12.5 Å². The van der Waals surface area contributed by atoms with Gasteiger partial charge >= 0.3 is 12.2 Å². The number of carbonyl (C=O) groups is 2. The Hall–Kier alpha value is -3.80. The number of ether oxygens (including phenoxy) is 2. The zero-order valence-electron chi connectivity index (χ0n) is 18.4. The minimum Gasteiger partial charge on any atom is -0.445 e. The van der Waals surface area contributed by atoms with E-state index in [-0.39, 0.29) is 24.8 Å². The molecule has 4 rings (SSSR count). The summed E-state index contributed by atoms with van der Waals surface area (Å²) in [5, 5.41) is 5.90. The van der Waals surface area contributed by atoms with Crippen LogP contribution in [0.15, 0.2) is 91.0 Å². The molecule has 0 radical (unpaired) electrons. The van der Waals surface area contributed by atoms with Gasteiger partial charge in [0.05, 0.1) is 6.04 Å². The third-order valence-corrected chi connectivity index (χ3v) is 5.69. The summed E-state index contributed by atoms with van der Waals surface area (Å²) in [6, 6.07) is 29.0. The van der Waals surface area contributed by atoms with Gasteiger partial charge in [0.2, 0.25) is 0 Å². The van der Waals surface area contributed by atoms with Crippen molar-refractivity contribution in [2.24, 2.45) is 0 Å². The van der Waals surface area contributed by atoms with Crippen molar-refractivity contribution in [3.05, 3.63) is 108 Å². The maximum absolute atomic E-state index is 12.6. The Morgan fingerprint density at radius 3 is 2.09 bits per heavy atom. The molecule has 3 atom stereocenters.